The number of benzene rings is 1. The molecule has 7 heteroatoms. The number of rotatable bonds is 5. The van der Waals surface area contributed by atoms with Crippen LogP contribution in [0.4, 0.5) is 5.69 Å². The minimum atomic E-state index is -0.115. The third-order valence-electron chi connectivity index (χ3n) is 5.76. The molecule has 2 atom stereocenters. The molecule has 0 amide bonds. The summed E-state index contributed by atoms with van der Waals surface area (Å²) in [6.45, 7) is 2.10. The van der Waals surface area contributed by atoms with Crippen LogP contribution in [0.1, 0.15) is 29.2 Å². The quantitative estimate of drug-likeness (QED) is 0.451. The van der Waals surface area contributed by atoms with Crippen LogP contribution in [-0.4, -0.2) is 26.8 Å². The Balaban J connectivity index is 1.68. The summed E-state index contributed by atoms with van der Waals surface area (Å²) >= 11 is 5.84. The monoisotopic (exact) mass is 441 g/mol. The summed E-state index contributed by atoms with van der Waals surface area (Å²) in [4.78, 5) is 11.1. The van der Waals surface area contributed by atoms with Gasteiger partial charge in [0.1, 0.15) is 11.8 Å². The molecule has 0 bridgehead atoms. The number of thiocarbonyl (C=S) groups is 1. The molecule has 0 unspecified atom stereocenters. The van der Waals surface area contributed by atoms with E-state index in [-0.39, 0.29) is 12.1 Å². The van der Waals surface area contributed by atoms with E-state index in [1.54, 1.807) is 13.3 Å². The molecular formula is C25H23N5OS. The first-order chi connectivity index (χ1) is 15.7. The predicted molar refractivity (Wildman–Crippen MR) is 129 cm³/mol. The second kappa shape index (κ2) is 8.43. The van der Waals surface area contributed by atoms with E-state index in [9.17, 15) is 0 Å². The molecule has 3 aromatic heterocycles. The van der Waals surface area contributed by atoms with Crippen LogP contribution in [0, 0.1) is 6.92 Å². The fraction of sp³-hybridized carbons (Fsp3) is 0.160. The van der Waals surface area contributed by atoms with Crippen LogP contribution in [0.15, 0.2) is 85.3 Å². The van der Waals surface area contributed by atoms with Crippen molar-refractivity contribution in [1.82, 2.24) is 19.9 Å². The van der Waals surface area contributed by atoms with Crippen LogP contribution >= 0.6 is 12.2 Å². The minimum absolute atomic E-state index is 0.111. The highest BCUT2D eigenvalue weighted by molar-refractivity contribution is 7.80. The average Bonchev–Trinajstić information content (AvgIpc) is 3.39. The van der Waals surface area contributed by atoms with Gasteiger partial charge >= 0.3 is 0 Å². The van der Waals surface area contributed by atoms with Crippen molar-refractivity contribution < 1.29 is 4.74 Å². The molecule has 1 aromatic carbocycles. The van der Waals surface area contributed by atoms with Gasteiger partial charge in [-0.3, -0.25) is 9.97 Å². The SMILES string of the molecule is COc1ccc(N2C(=S)N[C@H](c3ccccn3)[C@@H]2c2ccc(C)n2-c2cccnc2)cc1. The highest BCUT2D eigenvalue weighted by Crippen LogP contribution is 2.42. The van der Waals surface area contributed by atoms with Crippen molar-refractivity contribution >= 4 is 23.0 Å². The molecule has 4 heterocycles. The van der Waals surface area contributed by atoms with Gasteiger partial charge in [0.2, 0.25) is 0 Å². The van der Waals surface area contributed by atoms with Crippen molar-refractivity contribution in [3.05, 3.63) is 102 Å². The van der Waals surface area contributed by atoms with E-state index in [1.165, 1.54) is 0 Å². The zero-order valence-electron chi connectivity index (χ0n) is 17.8. The van der Waals surface area contributed by atoms with E-state index in [1.807, 2.05) is 60.9 Å². The fourth-order valence-corrected chi connectivity index (χ4v) is 4.65. The molecule has 1 N–H and O–H groups in total. The molecule has 1 saturated heterocycles. The average molecular weight is 442 g/mol. The van der Waals surface area contributed by atoms with Crippen molar-refractivity contribution in [2.75, 3.05) is 12.0 Å². The summed E-state index contributed by atoms with van der Waals surface area (Å²) in [5, 5.41) is 4.18. The minimum Gasteiger partial charge on any atom is -0.497 e. The first kappa shape index (κ1) is 20.2. The van der Waals surface area contributed by atoms with Gasteiger partial charge < -0.3 is 19.5 Å². The maximum Gasteiger partial charge on any atom is 0.174 e. The molecule has 1 aliphatic heterocycles. The zero-order chi connectivity index (χ0) is 22.1. The molecule has 5 rings (SSSR count). The normalized spacial score (nSPS) is 17.9. The summed E-state index contributed by atoms with van der Waals surface area (Å²) in [5.74, 6) is 0.805. The Morgan fingerprint density at radius 2 is 1.78 bits per heavy atom. The van der Waals surface area contributed by atoms with Crippen molar-refractivity contribution in [3.63, 3.8) is 0 Å². The summed E-state index contributed by atoms with van der Waals surface area (Å²) in [5.41, 5.74) is 5.17. The van der Waals surface area contributed by atoms with Gasteiger partial charge in [-0.05, 0) is 79.8 Å². The predicted octanol–water partition coefficient (Wildman–Crippen LogP) is 4.76. The Labute approximate surface area is 192 Å². The van der Waals surface area contributed by atoms with E-state index >= 15 is 0 Å². The van der Waals surface area contributed by atoms with Crippen molar-refractivity contribution in [2.24, 2.45) is 0 Å². The van der Waals surface area contributed by atoms with Gasteiger partial charge in [0.25, 0.3) is 0 Å². The van der Waals surface area contributed by atoms with Gasteiger partial charge in [0.05, 0.1) is 30.7 Å². The number of hydrogen-bond acceptors (Lipinski definition) is 4. The number of ether oxygens (including phenoxy) is 1. The van der Waals surface area contributed by atoms with Gasteiger partial charge in [-0.25, -0.2) is 0 Å². The molecule has 0 spiro atoms. The topological polar surface area (TPSA) is 55.2 Å². The lowest BCUT2D eigenvalue weighted by Gasteiger charge is -2.29. The van der Waals surface area contributed by atoms with Gasteiger partial charge in [-0.2, -0.15) is 0 Å². The van der Waals surface area contributed by atoms with Crippen LogP contribution in [0.2, 0.25) is 0 Å². The Morgan fingerprint density at radius 1 is 0.938 bits per heavy atom. The standard InChI is InChI=1S/C25H23N5OS/c1-17-8-13-22(29(17)19-6-5-14-26-16-19)24-23(21-7-3-4-15-27-21)28-25(32)30(24)18-9-11-20(31-2)12-10-18/h3-16,23-24H,1-2H3,(H,28,32)/t23-,24+/m1/s1. The van der Waals surface area contributed by atoms with Gasteiger partial charge in [0.15, 0.2) is 5.11 Å². The van der Waals surface area contributed by atoms with E-state index < -0.39 is 0 Å². The lowest BCUT2D eigenvalue weighted by atomic mass is 10.0. The molecule has 4 aromatic rings. The van der Waals surface area contributed by atoms with Crippen LogP contribution in [0.25, 0.3) is 5.69 Å². The number of pyridine rings is 2. The number of nitrogens with zero attached hydrogens (tertiary/aromatic N) is 4. The first-order valence-corrected chi connectivity index (χ1v) is 10.8. The number of anilines is 1. The summed E-state index contributed by atoms with van der Waals surface area (Å²) in [7, 11) is 1.67. The number of nitrogens with one attached hydrogen (secondary N) is 1. The van der Waals surface area contributed by atoms with Crippen LogP contribution in [0.5, 0.6) is 5.75 Å². The molecule has 0 radical (unpaired) electrons. The van der Waals surface area contributed by atoms with Gasteiger partial charge in [-0.1, -0.05) is 6.07 Å². The highest BCUT2D eigenvalue weighted by atomic mass is 32.1. The molecular weight excluding hydrogens is 418 g/mol. The fourth-order valence-electron chi connectivity index (χ4n) is 4.30. The van der Waals surface area contributed by atoms with Crippen molar-refractivity contribution in [2.45, 2.75) is 19.0 Å². The summed E-state index contributed by atoms with van der Waals surface area (Å²) in [6, 6.07) is 22.0. The smallest absolute Gasteiger partial charge is 0.174 e. The maximum atomic E-state index is 5.84. The maximum absolute atomic E-state index is 5.84. The third kappa shape index (κ3) is 3.50. The molecule has 32 heavy (non-hydrogen) atoms. The number of methoxy groups -OCH3 is 1. The van der Waals surface area contributed by atoms with Crippen LogP contribution in [0.3, 0.4) is 0 Å². The summed E-state index contributed by atoms with van der Waals surface area (Å²) in [6.07, 6.45) is 5.48. The Hall–Kier alpha value is -3.71. The largest absolute Gasteiger partial charge is 0.497 e. The highest BCUT2D eigenvalue weighted by Gasteiger charge is 2.42. The Kier molecular flexibility index (Phi) is 5.33. The van der Waals surface area contributed by atoms with E-state index in [0.29, 0.717) is 5.11 Å². The van der Waals surface area contributed by atoms with E-state index in [0.717, 1.165) is 34.2 Å². The third-order valence-corrected chi connectivity index (χ3v) is 6.08. The van der Waals surface area contributed by atoms with Gasteiger partial charge in [0, 0.05) is 29.5 Å². The molecule has 6 nitrogen and oxygen atoms in total. The Bertz CT molecular complexity index is 1220. The molecule has 1 fully saturated rings. The van der Waals surface area contributed by atoms with Gasteiger partial charge in [-0.15, -0.1) is 0 Å². The first-order valence-electron chi connectivity index (χ1n) is 10.4. The number of hydrogen-bond donors (Lipinski definition) is 1. The second-order valence-electron chi connectivity index (χ2n) is 7.64. The molecule has 1 aliphatic rings. The van der Waals surface area contributed by atoms with Crippen LogP contribution in [-0.2, 0) is 0 Å². The second-order valence-corrected chi connectivity index (χ2v) is 8.03. The number of aromatic nitrogens is 3. The summed E-state index contributed by atoms with van der Waals surface area (Å²) < 4.78 is 7.59. The lowest BCUT2D eigenvalue weighted by Crippen LogP contribution is -2.30. The van der Waals surface area contributed by atoms with E-state index in [2.05, 4.69) is 49.9 Å². The van der Waals surface area contributed by atoms with Crippen molar-refractivity contribution in [1.29, 1.82) is 0 Å². The van der Waals surface area contributed by atoms with E-state index in [4.69, 9.17) is 17.0 Å². The van der Waals surface area contributed by atoms with Crippen LogP contribution < -0.4 is 15.0 Å². The zero-order valence-corrected chi connectivity index (χ0v) is 18.7. The molecule has 160 valence electrons. The lowest BCUT2D eigenvalue weighted by molar-refractivity contribution is 0.415. The Morgan fingerprint density at radius 3 is 2.47 bits per heavy atom. The van der Waals surface area contributed by atoms with Crippen molar-refractivity contribution in [3.8, 4) is 11.4 Å². The number of aryl methyl sites for hydroxylation is 1. The molecule has 0 aliphatic carbocycles. The molecule has 0 saturated carbocycles.